The number of aromatic nitrogens is 1. The highest BCUT2D eigenvalue weighted by Crippen LogP contribution is 2.36. The van der Waals surface area contributed by atoms with E-state index < -0.39 is 5.97 Å². The van der Waals surface area contributed by atoms with Gasteiger partial charge < -0.3 is 15.3 Å². The number of carbonyl (C=O) groups excluding carboxylic acids is 1. The van der Waals surface area contributed by atoms with E-state index in [-0.39, 0.29) is 24.0 Å². The molecule has 1 unspecified atom stereocenters. The lowest BCUT2D eigenvalue weighted by Gasteiger charge is -2.30. The summed E-state index contributed by atoms with van der Waals surface area (Å²) >= 11 is 1.67. The summed E-state index contributed by atoms with van der Waals surface area (Å²) < 4.78 is 1.15. The Morgan fingerprint density at radius 1 is 1.15 bits per heavy atom. The number of hydrogen-bond donors (Lipinski definition) is 2. The van der Waals surface area contributed by atoms with Crippen LogP contribution in [-0.4, -0.2) is 39.6 Å². The van der Waals surface area contributed by atoms with Gasteiger partial charge in [0.25, 0.3) is 0 Å². The lowest BCUT2D eigenvalue weighted by Crippen LogP contribution is -2.46. The number of benzene rings is 1. The number of amides is 2. The van der Waals surface area contributed by atoms with E-state index >= 15 is 0 Å². The zero-order valence-corrected chi connectivity index (χ0v) is 15.4. The molecule has 1 aliphatic heterocycles. The van der Waals surface area contributed by atoms with Crippen molar-refractivity contribution in [1.29, 1.82) is 0 Å². The molecule has 1 atom stereocenters. The standard InChI is InChI=1S/C19H23N3O3S/c23-18(24)12-7-9-13(10-8-12)20-19(25)22-11-3-5-15(22)17-21-14-4-1-2-6-16(14)26-17/h1-2,4,6,12-13,15H,3,5,7-11H2,(H,20,25)(H,23,24). The monoisotopic (exact) mass is 373 g/mol. The fourth-order valence-corrected chi connectivity index (χ4v) is 5.16. The molecule has 6 nitrogen and oxygen atoms in total. The fourth-order valence-electron chi connectivity index (χ4n) is 4.04. The number of hydrogen-bond acceptors (Lipinski definition) is 4. The molecule has 2 heterocycles. The number of carbonyl (C=O) groups is 2. The molecule has 26 heavy (non-hydrogen) atoms. The van der Waals surface area contributed by atoms with E-state index in [9.17, 15) is 9.59 Å². The summed E-state index contributed by atoms with van der Waals surface area (Å²) in [5, 5.41) is 13.2. The van der Waals surface area contributed by atoms with Gasteiger partial charge in [0.05, 0.1) is 22.2 Å². The predicted molar refractivity (Wildman–Crippen MR) is 100 cm³/mol. The number of rotatable bonds is 3. The zero-order chi connectivity index (χ0) is 18.1. The van der Waals surface area contributed by atoms with E-state index in [4.69, 9.17) is 10.1 Å². The van der Waals surface area contributed by atoms with E-state index in [1.165, 1.54) is 0 Å². The minimum atomic E-state index is -0.717. The molecule has 2 N–H and O–H groups in total. The summed E-state index contributed by atoms with van der Waals surface area (Å²) in [5.74, 6) is -0.976. The smallest absolute Gasteiger partial charge is 0.318 e. The van der Waals surface area contributed by atoms with Crippen molar-refractivity contribution in [3.8, 4) is 0 Å². The van der Waals surface area contributed by atoms with Crippen LogP contribution in [0.2, 0.25) is 0 Å². The van der Waals surface area contributed by atoms with Crippen molar-refractivity contribution in [3.63, 3.8) is 0 Å². The number of carboxylic acids is 1. The molecule has 1 aliphatic carbocycles. The molecule has 1 saturated carbocycles. The van der Waals surface area contributed by atoms with E-state index in [0.717, 1.165) is 47.5 Å². The lowest BCUT2D eigenvalue weighted by molar-refractivity contribution is -0.142. The average Bonchev–Trinajstić information content (AvgIpc) is 3.28. The number of fused-ring (bicyclic) bond motifs is 1. The van der Waals surface area contributed by atoms with Crippen LogP contribution in [0.25, 0.3) is 10.2 Å². The molecule has 1 aromatic heterocycles. The molecule has 0 spiro atoms. The maximum absolute atomic E-state index is 12.8. The summed E-state index contributed by atoms with van der Waals surface area (Å²) in [7, 11) is 0. The third-order valence-corrected chi connectivity index (χ3v) is 6.65. The van der Waals surface area contributed by atoms with Gasteiger partial charge in [-0.15, -0.1) is 11.3 Å². The van der Waals surface area contributed by atoms with Gasteiger partial charge in [-0.3, -0.25) is 4.79 Å². The second-order valence-corrected chi connectivity index (χ2v) is 8.27. The minimum Gasteiger partial charge on any atom is -0.481 e. The SMILES string of the molecule is O=C(O)C1CCC(NC(=O)N2CCCC2c2nc3ccccc3s2)CC1. The van der Waals surface area contributed by atoms with Crippen LogP contribution in [-0.2, 0) is 4.79 Å². The highest BCUT2D eigenvalue weighted by atomic mass is 32.1. The first kappa shape index (κ1) is 17.3. The quantitative estimate of drug-likeness (QED) is 0.858. The van der Waals surface area contributed by atoms with Crippen LogP contribution in [0.4, 0.5) is 4.79 Å². The molecule has 7 heteroatoms. The second-order valence-electron chi connectivity index (χ2n) is 7.21. The Morgan fingerprint density at radius 2 is 1.92 bits per heavy atom. The van der Waals surface area contributed by atoms with Gasteiger partial charge in [-0.2, -0.15) is 0 Å². The first-order valence-electron chi connectivity index (χ1n) is 9.27. The number of thiazole rings is 1. The maximum Gasteiger partial charge on any atom is 0.318 e. The van der Waals surface area contributed by atoms with Crippen molar-refractivity contribution < 1.29 is 14.7 Å². The van der Waals surface area contributed by atoms with Crippen LogP contribution in [0.3, 0.4) is 0 Å². The fraction of sp³-hybridized carbons (Fsp3) is 0.526. The Bertz CT molecular complexity index is 780. The minimum absolute atomic E-state index is 0.0365. The van der Waals surface area contributed by atoms with Crippen molar-refractivity contribution in [1.82, 2.24) is 15.2 Å². The van der Waals surface area contributed by atoms with Crippen LogP contribution in [0.5, 0.6) is 0 Å². The Labute approximate surface area is 156 Å². The van der Waals surface area contributed by atoms with E-state index in [2.05, 4.69) is 11.4 Å². The molecule has 4 rings (SSSR count). The summed E-state index contributed by atoms with van der Waals surface area (Å²) in [6.07, 6.45) is 4.69. The maximum atomic E-state index is 12.8. The molecule has 2 amide bonds. The summed E-state index contributed by atoms with van der Waals surface area (Å²) in [5.41, 5.74) is 0.992. The van der Waals surface area contributed by atoms with Gasteiger partial charge in [0.15, 0.2) is 0 Å². The van der Waals surface area contributed by atoms with Gasteiger partial charge in [-0.25, -0.2) is 9.78 Å². The molecular formula is C19H23N3O3S. The number of urea groups is 1. The van der Waals surface area contributed by atoms with Crippen molar-refractivity contribution in [2.45, 2.75) is 50.6 Å². The van der Waals surface area contributed by atoms with Crippen molar-refractivity contribution in [3.05, 3.63) is 29.3 Å². The third-order valence-electron chi connectivity index (χ3n) is 5.51. The van der Waals surface area contributed by atoms with Gasteiger partial charge in [0.2, 0.25) is 0 Å². The molecule has 1 aromatic carbocycles. The van der Waals surface area contributed by atoms with Gasteiger partial charge in [-0.1, -0.05) is 12.1 Å². The Morgan fingerprint density at radius 3 is 2.65 bits per heavy atom. The van der Waals surface area contributed by atoms with Gasteiger partial charge >= 0.3 is 12.0 Å². The van der Waals surface area contributed by atoms with Crippen LogP contribution >= 0.6 is 11.3 Å². The van der Waals surface area contributed by atoms with Gasteiger partial charge in [0.1, 0.15) is 5.01 Å². The largest absolute Gasteiger partial charge is 0.481 e. The first-order valence-corrected chi connectivity index (χ1v) is 10.1. The zero-order valence-electron chi connectivity index (χ0n) is 14.6. The molecule has 2 aromatic rings. The number of likely N-dealkylation sites (tertiary alicyclic amines) is 1. The molecular weight excluding hydrogens is 350 g/mol. The van der Waals surface area contributed by atoms with Gasteiger partial charge in [-0.05, 0) is 50.7 Å². The molecule has 0 bridgehead atoms. The number of aliphatic carboxylic acids is 1. The Kier molecular flexibility index (Phi) is 4.80. The summed E-state index contributed by atoms with van der Waals surface area (Å²) in [6, 6.07) is 8.16. The predicted octanol–water partition coefficient (Wildman–Crippen LogP) is 3.79. The second kappa shape index (κ2) is 7.23. The number of carboxylic acid groups (broad SMARTS) is 1. The van der Waals surface area contributed by atoms with Crippen LogP contribution < -0.4 is 5.32 Å². The van der Waals surface area contributed by atoms with Crippen LogP contribution in [0.1, 0.15) is 49.6 Å². The molecule has 2 fully saturated rings. The molecule has 0 radical (unpaired) electrons. The van der Waals surface area contributed by atoms with E-state index in [0.29, 0.717) is 12.8 Å². The molecule has 138 valence electrons. The van der Waals surface area contributed by atoms with Crippen LogP contribution in [0.15, 0.2) is 24.3 Å². The Balaban J connectivity index is 1.41. The highest BCUT2D eigenvalue weighted by molar-refractivity contribution is 7.18. The molecule has 2 aliphatic rings. The summed E-state index contributed by atoms with van der Waals surface area (Å²) in [4.78, 5) is 30.5. The average molecular weight is 373 g/mol. The lowest BCUT2D eigenvalue weighted by atomic mass is 9.86. The number of nitrogens with zero attached hydrogens (tertiary/aromatic N) is 2. The molecule has 1 saturated heterocycles. The van der Waals surface area contributed by atoms with Crippen molar-refractivity contribution in [2.24, 2.45) is 5.92 Å². The normalized spacial score (nSPS) is 26.2. The number of nitrogens with one attached hydrogen (secondary N) is 1. The topological polar surface area (TPSA) is 82.5 Å². The first-order chi connectivity index (χ1) is 12.6. The van der Waals surface area contributed by atoms with Gasteiger partial charge in [0, 0.05) is 12.6 Å². The van der Waals surface area contributed by atoms with Crippen molar-refractivity contribution in [2.75, 3.05) is 6.54 Å². The Hall–Kier alpha value is -2.15. The van der Waals surface area contributed by atoms with E-state index in [1.807, 2.05) is 23.1 Å². The van der Waals surface area contributed by atoms with Crippen LogP contribution in [0, 0.1) is 5.92 Å². The van der Waals surface area contributed by atoms with Crippen molar-refractivity contribution >= 4 is 33.6 Å². The summed E-state index contributed by atoms with van der Waals surface area (Å²) in [6.45, 7) is 0.747. The third kappa shape index (κ3) is 3.40. The van der Waals surface area contributed by atoms with E-state index in [1.54, 1.807) is 11.3 Å². The number of para-hydroxylation sites is 1. The highest BCUT2D eigenvalue weighted by Gasteiger charge is 2.34.